The summed E-state index contributed by atoms with van der Waals surface area (Å²) in [6, 6.07) is 0.204. The van der Waals surface area contributed by atoms with E-state index in [2.05, 4.69) is 26.1 Å². The molecule has 1 saturated carbocycles. The second kappa shape index (κ2) is 5.52. The van der Waals surface area contributed by atoms with E-state index in [-0.39, 0.29) is 30.2 Å². The van der Waals surface area contributed by atoms with Crippen molar-refractivity contribution in [2.45, 2.75) is 58.9 Å². The third-order valence-corrected chi connectivity index (χ3v) is 3.32. The van der Waals surface area contributed by atoms with Crippen molar-refractivity contribution < 1.29 is 14.7 Å². The first-order valence-corrected chi connectivity index (χ1v) is 6.30. The first-order chi connectivity index (χ1) is 7.78. The lowest BCUT2D eigenvalue weighted by atomic mass is 9.70. The van der Waals surface area contributed by atoms with Gasteiger partial charge in [0.05, 0.1) is 6.42 Å². The standard InChI is InChI=1S/C13H23NO3/c1-9-6-10(8-13(2,3)7-9)14-11(15)4-5-12(16)17/h9-10H,4-8H2,1-3H3,(H,14,15)(H,16,17)/t9-,10+/m0/s1. The molecule has 0 bridgehead atoms. The van der Waals surface area contributed by atoms with Crippen LogP contribution in [0.5, 0.6) is 0 Å². The number of carboxylic acid groups (broad SMARTS) is 1. The summed E-state index contributed by atoms with van der Waals surface area (Å²) in [5.41, 5.74) is 0.266. The second-order valence-electron chi connectivity index (χ2n) is 6.07. The highest BCUT2D eigenvalue weighted by molar-refractivity contribution is 5.80. The van der Waals surface area contributed by atoms with E-state index in [0.29, 0.717) is 5.92 Å². The van der Waals surface area contributed by atoms with Gasteiger partial charge in [-0.2, -0.15) is 0 Å². The topological polar surface area (TPSA) is 66.4 Å². The number of carboxylic acids is 1. The van der Waals surface area contributed by atoms with Crippen molar-refractivity contribution in [2.24, 2.45) is 11.3 Å². The molecule has 4 nitrogen and oxygen atoms in total. The second-order valence-corrected chi connectivity index (χ2v) is 6.07. The van der Waals surface area contributed by atoms with Crippen molar-refractivity contribution in [2.75, 3.05) is 0 Å². The molecule has 17 heavy (non-hydrogen) atoms. The number of carbonyl (C=O) groups is 2. The Kier molecular flexibility index (Phi) is 4.54. The van der Waals surface area contributed by atoms with Gasteiger partial charge in [0, 0.05) is 12.5 Å². The van der Waals surface area contributed by atoms with Crippen molar-refractivity contribution in [3.05, 3.63) is 0 Å². The Labute approximate surface area is 103 Å². The zero-order valence-electron chi connectivity index (χ0n) is 11.0. The molecule has 0 aromatic heterocycles. The number of hydrogen-bond donors (Lipinski definition) is 2. The molecule has 0 radical (unpaired) electrons. The summed E-state index contributed by atoms with van der Waals surface area (Å²) >= 11 is 0. The van der Waals surface area contributed by atoms with Gasteiger partial charge in [0.2, 0.25) is 5.91 Å². The summed E-state index contributed by atoms with van der Waals surface area (Å²) in [6.45, 7) is 6.65. The van der Waals surface area contributed by atoms with E-state index in [1.54, 1.807) is 0 Å². The normalized spacial score (nSPS) is 27.5. The maximum Gasteiger partial charge on any atom is 0.303 e. The van der Waals surface area contributed by atoms with Crippen LogP contribution in [-0.2, 0) is 9.59 Å². The largest absolute Gasteiger partial charge is 0.481 e. The number of amides is 1. The molecule has 2 N–H and O–H groups in total. The predicted molar refractivity (Wildman–Crippen MR) is 65.6 cm³/mol. The minimum Gasteiger partial charge on any atom is -0.481 e. The Morgan fingerprint density at radius 1 is 1.29 bits per heavy atom. The maximum absolute atomic E-state index is 11.6. The lowest BCUT2D eigenvalue weighted by molar-refractivity contribution is -0.139. The molecule has 1 rings (SSSR count). The lowest BCUT2D eigenvalue weighted by Gasteiger charge is -2.39. The van der Waals surface area contributed by atoms with Crippen molar-refractivity contribution in [1.82, 2.24) is 5.32 Å². The van der Waals surface area contributed by atoms with Gasteiger partial charge in [-0.25, -0.2) is 0 Å². The first-order valence-electron chi connectivity index (χ1n) is 6.30. The van der Waals surface area contributed by atoms with E-state index < -0.39 is 5.97 Å². The summed E-state index contributed by atoms with van der Waals surface area (Å²) in [6.07, 6.45) is 3.17. The lowest BCUT2D eigenvalue weighted by Crippen LogP contribution is -2.43. The number of carbonyl (C=O) groups excluding carboxylic acids is 1. The Balaban J connectivity index is 2.40. The Bertz CT molecular complexity index is 299. The molecule has 0 aliphatic heterocycles. The molecule has 4 heteroatoms. The minimum absolute atomic E-state index is 0.0840. The SMILES string of the molecule is C[C@H]1C[C@@H](NC(=O)CCC(=O)O)CC(C)(C)C1. The quantitative estimate of drug-likeness (QED) is 0.792. The third-order valence-electron chi connectivity index (χ3n) is 3.32. The highest BCUT2D eigenvalue weighted by Gasteiger charge is 2.32. The molecule has 2 atom stereocenters. The molecule has 0 unspecified atom stereocenters. The van der Waals surface area contributed by atoms with Gasteiger partial charge in [-0.15, -0.1) is 0 Å². The molecule has 1 amide bonds. The van der Waals surface area contributed by atoms with Gasteiger partial charge >= 0.3 is 5.97 Å². The molecule has 98 valence electrons. The highest BCUT2D eigenvalue weighted by Crippen LogP contribution is 2.38. The molecule has 0 spiro atoms. The van der Waals surface area contributed by atoms with Crippen molar-refractivity contribution in [1.29, 1.82) is 0 Å². The molecule has 0 aromatic carbocycles. The van der Waals surface area contributed by atoms with Crippen LogP contribution in [0.4, 0.5) is 0 Å². The molecule has 1 aliphatic rings. The first kappa shape index (κ1) is 14.0. The number of hydrogen-bond acceptors (Lipinski definition) is 2. The third kappa shape index (κ3) is 5.20. The smallest absolute Gasteiger partial charge is 0.303 e. The van der Waals surface area contributed by atoms with Crippen LogP contribution in [0.25, 0.3) is 0 Å². The van der Waals surface area contributed by atoms with E-state index in [1.807, 2.05) is 0 Å². The monoisotopic (exact) mass is 241 g/mol. The van der Waals surface area contributed by atoms with Crippen LogP contribution >= 0.6 is 0 Å². The van der Waals surface area contributed by atoms with Gasteiger partial charge in [0.25, 0.3) is 0 Å². The zero-order chi connectivity index (χ0) is 13.1. The molecular weight excluding hydrogens is 218 g/mol. The van der Waals surface area contributed by atoms with Crippen LogP contribution in [0.15, 0.2) is 0 Å². The molecule has 0 saturated heterocycles. The van der Waals surface area contributed by atoms with Crippen LogP contribution in [0, 0.1) is 11.3 Å². The van der Waals surface area contributed by atoms with Gasteiger partial charge in [0.15, 0.2) is 0 Å². The summed E-state index contributed by atoms with van der Waals surface area (Å²) in [7, 11) is 0. The van der Waals surface area contributed by atoms with Crippen LogP contribution in [0.1, 0.15) is 52.9 Å². The van der Waals surface area contributed by atoms with Crippen LogP contribution in [0.3, 0.4) is 0 Å². The van der Waals surface area contributed by atoms with Crippen molar-refractivity contribution >= 4 is 11.9 Å². The molecule has 1 fully saturated rings. The number of aliphatic carboxylic acids is 1. The summed E-state index contributed by atoms with van der Waals surface area (Å²) in [5, 5.41) is 11.5. The fraction of sp³-hybridized carbons (Fsp3) is 0.846. The predicted octanol–water partition coefficient (Wildman–Crippen LogP) is 2.18. The van der Waals surface area contributed by atoms with E-state index in [1.165, 1.54) is 6.42 Å². The van der Waals surface area contributed by atoms with E-state index in [0.717, 1.165) is 12.8 Å². The summed E-state index contributed by atoms with van der Waals surface area (Å²) in [4.78, 5) is 21.9. The van der Waals surface area contributed by atoms with Crippen LogP contribution in [0.2, 0.25) is 0 Å². The van der Waals surface area contributed by atoms with Crippen LogP contribution in [-0.4, -0.2) is 23.0 Å². The Hall–Kier alpha value is -1.06. The van der Waals surface area contributed by atoms with Crippen molar-refractivity contribution in [3.63, 3.8) is 0 Å². The number of nitrogens with one attached hydrogen (secondary N) is 1. The van der Waals surface area contributed by atoms with E-state index in [9.17, 15) is 9.59 Å². The molecule has 0 aromatic rings. The average molecular weight is 241 g/mol. The summed E-state index contributed by atoms with van der Waals surface area (Å²) in [5.74, 6) is -0.441. The van der Waals surface area contributed by atoms with Gasteiger partial charge in [-0.1, -0.05) is 20.8 Å². The fourth-order valence-corrected chi connectivity index (χ4v) is 2.98. The fourth-order valence-electron chi connectivity index (χ4n) is 2.98. The minimum atomic E-state index is -0.919. The Morgan fingerprint density at radius 2 is 1.94 bits per heavy atom. The van der Waals surface area contributed by atoms with Gasteiger partial charge < -0.3 is 10.4 Å². The average Bonchev–Trinajstić information content (AvgIpc) is 2.11. The van der Waals surface area contributed by atoms with E-state index in [4.69, 9.17) is 5.11 Å². The zero-order valence-corrected chi connectivity index (χ0v) is 11.0. The van der Waals surface area contributed by atoms with Gasteiger partial charge in [-0.05, 0) is 30.6 Å². The number of rotatable bonds is 4. The summed E-state index contributed by atoms with van der Waals surface area (Å²) < 4.78 is 0. The Morgan fingerprint density at radius 3 is 2.47 bits per heavy atom. The molecular formula is C13H23NO3. The molecule has 0 heterocycles. The van der Waals surface area contributed by atoms with Crippen molar-refractivity contribution in [3.8, 4) is 0 Å². The maximum atomic E-state index is 11.6. The van der Waals surface area contributed by atoms with E-state index >= 15 is 0 Å². The van der Waals surface area contributed by atoms with Gasteiger partial charge in [0.1, 0.15) is 0 Å². The van der Waals surface area contributed by atoms with Gasteiger partial charge in [-0.3, -0.25) is 9.59 Å². The molecule has 1 aliphatic carbocycles. The highest BCUT2D eigenvalue weighted by atomic mass is 16.4. The van der Waals surface area contributed by atoms with Crippen LogP contribution < -0.4 is 5.32 Å².